The second kappa shape index (κ2) is 11.9. The summed E-state index contributed by atoms with van der Waals surface area (Å²) in [5.74, 6) is -1.67. The maximum Gasteiger partial charge on any atom is 0.270 e. The molecule has 9 heteroatoms. The highest BCUT2D eigenvalue weighted by molar-refractivity contribution is 6.33. The normalized spacial score (nSPS) is 12.0. The number of rotatable bonds is 9. The molecule has 3 aromatic rings. The van der Waals surface area contributed by atoms with Crippen molar-refractivity contribution in [2.24, 2.45) is 11.0 Å². The predicted molar refractivity (Wildman–Crippen MR) is 135 cm³/mol. The average Bonchev–Trinajstić information content (AvgIpc) is 2.84. The lowest BCUT2D eigenvalue weighted by atomic mass is 9.89. The lowest BCUT2D eigenvalue weighted by Gasteiger charge is -2.24. The smallest absolute Gasteiger partial charge is 0.270 e. The van der Waals surface area contributed by atoms with Crippen LogP contribution in [-0.2, 0) is 9.59 Å². The Bertz CT molecular complexity index is 1180. The third-order valence-corrected chi connectivity index (χ3v) is 5.69. The molecule has 0 spiro atoms. The quantitative estimate of drug-likeness (QED) is 0.256. The average molecular weight is 493 g/mol. The third kappa shape index (κ3) is 6.74. The van der Waals surface area contributed by atoms with Gasteiger partial charge in [-0.2, -0.15) is 5.10 Å². The maximum atomic E-state index is 13.4. The first kappa shape index (κ1) is 25.6. The minimum absolute atomic E-state index is 0.151. The summed E-state index contributed by atoms with van der Waals surface area (Å²) >= 11 is 6.07. The zero-order chi connectivity index (χ0) is 25.4. The number of non-ortho nitro benzene ring substituents is 1. The SMILES string of the molecule is CC(C)C(NC(=O)C(c1ccccc1)c1ccccc1)C(=O)NN=Cc1cc([N+](=O)[O-])ccc1Cl. The van der Waals surface area contributed by atoms with Gasteiger partial charge in [-0.15, -0.1) is 0 Å². The first-order valence-corrected chi connectivity index (χ1v) is 11.3. The van der Waals surface area contributed by atoms with E-state index in [-0.39, 0.29) is 28.1 Å². The summed E-state index contributed by atoms with van der Waals surface area (Å²) in [6, 6.07) is 21.7. The number of halogens is 1. The van der Waals surface area contributed by atoms with Crippen LogP contribution in [0.5, 0.6) is 0 Å². The lowest BCUT2D eigenvalue weighted by molar-refractivity contribution is -0.384. The van der Waals surface area contributed by atoms with E-state index in [0.717, 1.165) is 11.1 Å². The molecule has 0 aromatic heterocycles. The Labute approximate surface area is 208 Å². The van der Waals surface area contributed by atoms with E-state index in [1.807, 2.05) is 74.5 Å². The second-order valence-corrected chi connectivity index (χ2v) is 8.59. The molecule has 0 aliphatic rings. The van der Waals surface area contributed by atoms with Crippen LogP contribution in [0.25, 0.3) is 0 Å². The van der Waals surface area contributed by atoms with Crippen molar-refractivity contribution in [3.05, 3.63) is 111 Å². The molecule has 35 heavy (non-hydrogen) atoms. The second-order valence-electron chi connectivity index (χ2n) is 8.18. The summed E-state index contributed by atoms with van der Waals surface area (Å²) in [5, 5.41) is 18.0. The van der Waals surface area contributed by atoms with E-state index in [0.29, 0.717) is 0 Å². The highest BCUT2D eigenvalue weighted by atomic mass is 35.5. The minimum atomic E-state index is -0.866. The maximum absolute atomic E-state index is 13.4. The third-order valence-electron chi connectivity index (χ3n) is 5.34. The molecular weight excluding hydrogens is 468 g/mol. The number of amides is 2. The predicted octanol–water partition coefficient (Wildman–Crippen LogP) is 4.67. The first-order valence-electron chi connectivity index (χ1n) is 10.9. The van der Waals surface area contributed by atoms with Crippen LogP contribution in [0.4, 0.5) is 5.69 Å². The van der Waals surface area contributed by atoms with Gasteiger partial charge in [0, 0.05) is 22.7 Å². The highest BCUT2D eigenvalue weighted by Gasteiger charge is 2.29. The number of hydrogen-bond donors (Lipinski definition) is 2. The molecule has 8 nitrogen and oxygen atoms in total. The van der Waals surface area contributed by atoms with Crippen molar-refractivity contribution in [1.29, 1.82) is 0 Å². The fourth-order valence-electron chi connectivity index (χ4n) is 3.54. The molecule has 0 aliphatic heterocycles. The Morgan fingerprint density at radius 2 is 1.51 bits per heavy atom. The number of nitro groups is 1. The van der Waals surface area contributed by atoms with E-state index >= 15 is 0 Å². The molecule has 0 heterocycles. The van der Waals surface area contributed by atoms with Gasteiger partial charge in [-0.05, 0) is 23.1 Å². The summed E-state index contributed by atoms with van der Waals surface area (Å²) in [6.45, 7) is 3.62. The van der Waals surface area contributed by atoms with Gasteiger partial charge in [-0.1, -0.05) is 86.1 Å². The number of hydrogen-bond acceptors (Lipinski definition) is 5. The van der Waals surface area contributed by atoms with Crippen LogP contribution in [0.1, 0.15) is 36.5 Å². The Morgan fingerprint density at radius 3 is 2.03 bits per heavy atom. The minimum Gasteiger partial charge on any atom is -0.343 e. The van der Waals surface area contributed by atoms with Crippen molar-refractivity contribution < 1.29 is 14.5 Å². The Kier molecular flexibility index (Phi) is 8.69. The molecule has 1 unspecified atom stereocenters. The van der Waals surface area contributed by atoms with E-state index in [9.17, 15) is 19.7 Å². The van der Waals surface area contributed by atoms with Gasteiger partial charge in [0.05, 0.1) is 17.1 Å². The van der Waals surface area contributed by atoms with Crippen LogP contribution >= 0.6 is 11.6 Å². The van der Waals surface area contributed by atoms with Gasteiger partial charge in [-0.25, -0.2) is 5.43 Å². The fraction of sp³-hybridized carbons (Fsp3) is 0.192. The summed E-state index contributed by atoms with van der Waals surface area (Å²) in [5.41, 5.74) is 4.13. The number of carbonyl (C=O) groups excluding carboxylic acids is 2. The topological polar surface area (TPSA) is 114 Å². The van der Waals surface area contributed by atoms with Crippen molar-refractivity contribution in [1.82, 2.24) is 10.7 Å². The molecule has 3 aromatic carbocycles. The molecule has 0 aliphatic carbocycles. The van der Waals surface area contributed by atoms with Gasteiger partial charge in [0.15, 0.2) is 0 Å². The molecular formula is C26H25ClN4O4. The van der Waals surface area contributed by atoms with Crippen molar-refractivity contribution in [2.45, 2.75) is 25.8 Å². The molecule has 0 bridgehead atoms. The van der Waals surface area contributed by atoms with E-state index < -0.39 is 22.8 Å². The number of carbonyl (C=O) groups is 2. The van der Waals surface area contributed by atoms with E-state index in [1.54, 1.807) is 0 Å². The molecule has 2 N–H and O–H groups in total. The molecule has 2 amide bonds. The molecule has 1 atom stereocenters. The Hall–Kier alpha value is -4.04. The molecule has 0 fully saturated rings. The zero-order valence-electron chi connectivity index (χ0n) is 19.2. The number of nitrogens with one attached hydrogen (secondary N) is 2. The number of nitro benzene ring substituents is 1. The Morgan fingerprint density at radius 1 is 0.943 bits per heavy atom. The van der Waals surface area contributed by atoms with Crippen LogP contribution in [-0.4, -0.2) is 29.0 Å². The van der Waals surface area contributed by atoms with Crippen LogP contribution in [0.15, 0.2) is 84.0 Å². The Balaban J connectivity index is 1.77. The van der Waals surface area contributed by atoms with Crippen molar-refractivity contribution >= 4 is 35.3 Å². The van der Waals surface area contributed by atoms with Crippen LogP contribution < -0.4 is 10.7 Å². The highest BCUT2D eigenvalue weighted by Crippen LogP contribution is 2.25. The van der Waals surface area contributed by atoms with Crippen molar-refractivity contribution in [2.75, 3.05) is 0 Å². The molecule has 3 rings (SSSR count). The summed E-state index contributed by atoms with van der Waals surface area (Å²) in [4.78, 5) is 36.7. The van der Waals surface area contributed by atoms with Crippen LogP contribution in [0, 0.1) is 16.0 Å². The van der Waals surface area contributed by atoms with Crippen molar-refractivity contribution in [3.63, 3.8) is 0 Å². The lowest BCUT2D eigenvalue weighted by Crippen LogP contribution is -2.50. The monoisotopic (exact) mass is 492 g/mol. The molecule has 0 saturated heterocycles. The summed E-state index contributed by atoms with van der Waals surface area (Å²) < 4.78 is 0. The molecule has 0 saturated carbocycles. The number of nitrogens with zero attached hydrogens (tertiary/aromatic N) is 2. The van der Waals surface area contributed by atoms with Gasteiger partial charge < -0.3 is 5.32 Å². The largest absolute Gasteiger partial charge is 0.343 e. The summed E-state index contributed by atoms with van der Waals surface area (Å²) in [6.07, 6.45) is 1.23. The fourth-order valence-corrected chi connectivity index (χ4v) is 3.70. The molecule has 0 radical (unpaired) electrons. The van der Waals surface area contributed by atoms with Gasteiger partial charge in [0.1, 0.15) is 6.04 Å². The van der Waals surface area contributed by atoms with Crippen LogP contribution in [0.3, 0.4) is 0 Å². The molecule has 180 valence electrons. The summed E-state index contributed by atoms with van der Waals surface area (Å²) in [7, 11) is 0. The standard InChI is InChI=1S/C26H25ClN4O4/c1-17(2)24(26(33)30-28-16-20-15-21(31(34)35)13-14-22(20)27)29-25(32)23(18-9-5-3-6-10-18)19-11-7-4-8-12-19/h3-17,23-24H,1-2H3,(H,29,32)(H,30,33). The van der Waals surface area contributed by atoms with Crippen LogP contribution in [0.2, 0.25) is 5.02 Å². The van der Waals surface area contributed by atoms with E-state index in [1.165, 1.54) is 24.4 Å². The van der Waals surface area contributed by atoms with E-state index in [4.69, 9.17) is 11.6 Å². The van der Waals surface area contributed by atoms with E-state index in [2.05, 4.69) is 15.8 Å². The number of benzene rings is 3. The van der Waals surface area contributed by atoms with Gasteiger partial charge in [-0.3, -0.25) is 19.7 Å². The van der Waals surface area contributed by atoms with Gasteiger partial charge >= 0.3 is 0 Å². The number of hydrazone groups is 1. The zero-order valence-corrected chi connectivity index (χ0v) is 20.0. The van der Waals surface area contributed by atoms with Crippen molar-refractivity contribution in [3.8, 4) is 0 Å². The van der Waals surface area contributed by atoms with Gasteiger partial charge in [0.25, 0.3) is 11.6 Å². The van der Waals surface area contributed by atoms with Gasteiger partial charge in [0.2, 0.25) is 5.91 Å². The first-order chi connectivity index (χ1) is 16.8.